The van der Waals surface area contributed by atoms with Crippen LogP contribution >= 0.6 is 11.3 Å². The van der Waals surface area contributed by atoms with Gasteiger partial charge in [-0.15, -0.1) is 11.3 Å². The van der Waals surface area contributed by atoms with E-state index in [2.05, 4.69) is 0 Å². The highest BCUT2D eigenvalue weighted by Gasteiger charge is 2.18. The second-order valence-corrected chi connectivity index (χ2v) is 4.90. The Balaban J connectivity index is 2.26. The van der Waals surface area contributed by atoms with Crippen molar-refractivity contribution >= 4 is 28.6 Å². The number of nitrogens with two attached hydrogens (primary N) is 1. The topological polar surface area (TPSA) is 55.6 Å². The lowest BCUT2D eigenvalue weighted by atomic mass is 10.2. The molecule has 0 unspecified atom stereocenters. The van der Waals surface area contributed by atoms with E-state index in [1.165, 1.54) is 11.3 Å². The van der Waals surface area contributed by atoms with Gasteiger partial charge in [0.1, 0.15) is 5.75 Å². The molecule has 0 aliphatic rings. The van der Waals surface area contributed by atoms with Crippen LogP contribution in [0, 0.1) is 0 Å². The molecule has 2 rings (SSSR count). The molecule has 0 aliphatic carbocycles. The van der Waals surface area contributed by atoms with Gasteiger partial charge in [0, 0.05) is 29.4 Å². The van der Waals surface area contributed by atoms with Crippen LogP contribution in [0.5, 0.6) is 5.75 Å². The van der Waals surface area contributed by atoms with Crippen molar-refractivity contribution in [1.82, 2.24) is 0 Å². The fraction of sp³-hybridized carbons (Fsp3) is 0.214. The second kappa shape index (κ2) is 5.75. The van der Waals surface area contributed by atoms with Crippen LogP contribution in [-0.4, -0.2) is 19.6 Å². The number of anilines is 2. The molecule has 100 valence electrons. The summed E-state index contributed by atoms with van der Waals surface area (Å²) in [6, 6.07) is 9.04. The number of nitrogens with zero attached hydrogens (tertiary/aromatic N) is 1. The minimum atomic E-state index is -0.0272. The van der Waals surface area contributed by atoms with Crippen molar-refractivity contribution in [3.05, 3.63) is 40.6 Å². The zero-order valence-electron chi connectivity index (χ0n) is 10.9. The molecule has 4 nitrogen and oxygen atoms in total. The first-order chi connectivity index (χ1) is 9.15. The van der Waals surface area contributed by atoms with Crippen molar-refractivity contribution in [3.8, 4) is 5.75 Å². The molecule has 1 amide bonds. The van der Waals surface area contributed by atoms with E-state index < -0.39 is 0 Å². The van der Waals surface area contributed by atoms with E-state index in [-0.39, 0.29) is 5.91 Å². The molecule has 1 heterocycles. The van der Waals surface area contributed by atoms with E-state index in [1.54, 1.807) is 30.2 Å². The van der Waals surface area contributed by atoms with Gasteiger partial charge in [0.25, 0.3) is 5.91 Å². The summed E-state index contributed by atoms with van der Waals surface area (Å²) < 4.78 is 5.10. The highest BCUT2D eigenvalue weighted by molar-refractivity contribution is 7.12. The first-order valence-corrected chi connectivity index (χ1v) is 6.83. The maximum Gasteiger partial charge on any atom is 0.268 e. The third-order valence-corrected chi connectivity index (χ3v) is 3.68. The van der Waals surface area contributed by atoms with Crippen LogP contribution in [0.3, 0.4) is 0 Å². The van der Waals surface area contributed by atoms with Crippen LogP contribution < -0.4 is 15.4 Å². The number of methoxy groups -OCH3 is 1. The van der Waals surface area contributed by atoms with Gasteiger partial charge in [-0.2, -0.15) is 0 Å². The molecule has 0 saturated heterocycles. The second-order valence-electron chi connectivity index (χ2n) is 3.99. The van der Waals surface area contributed by atoms with Gasteiger partial charge in [-0.05, 0) is 31.2 Å². The maximum atomic E-state index is 12.4. The zero-order valence-corrected chi connectivity index (χ0v) is 11.7. The van der Waals surface area contributed by atoms with Gasteiger partial charge in [-0.3, -0.25) is 4.79 Å². The standard InChI is InChI=1S/C14H16N2O2S/c1-3-16(11-6-4-10(15)5-7-11)14(17)13-8-12(18-2)9-19-13/h4-9H,3,15H2,1-2H3. The predicted octanol–water partition coefficient (Wildman–Crippen LogP) is 3.01. The molecule has 2 N–H and O–H groups in total. The molecule has 1 aromatic heterocycles. The molecule has 0 aliphatic heterocycles. The zero-order chi connectivity index (χ0) is 13.8. The minimum Gasteiger partial charge on any atom is -0.496 e. The Bertz CT molecular complexity index is 563. The number of carbonyl (C=O) groups is 1. The average molecular weight is 276 g/mol. The molecule has 1 aromatic carbocycles. The van der Waals surface area contributed by atoms with Crippen LogP contribution in [0.2, 0.25) is 0 Å². The lowest BCUT2D eigenvalue weighted by Gasteiger charge is -2.20. The van der Waals surface area contributed by atoms with E-state index in [1.807, 2.05) is 24.4 Å². The Morgan fingerprint density at radius 1 is 1.37 bits per heavy atom. The van der Waals surface area contributed by atoms with Crippen LogP contribution in [0.25, 0.3) is 0 Å². The van der Waals surface area contributed by atoms with Gasteiger partial charge in [0.05, 0.1) is 12.0 Å². The van der Waals surface area contributed by atoms with Crippen LogP contribution in [0.1, 0.15) is 16.6 Å². The largest absolute Gasteiger partial charge is 0.496 e. The SMILES string of the molecule is CCN(C(=O)c1cc(OC)cs1)c1ccc(N)cc1. The van der Waals surface area contributed by atoms with E-state index >= 15 is 0 Å². The van der Waals surface area contributed by atoms with Crippen molar-refractivity contribution in [2.75, 3.05) is 24.3 Å². The number of rotatable bonds is 4. The number of carbonyl (C=O) groups excluding carboxylic acids is 1. The summed E-state index contributed by atoms with van der Waals surface area (Å²) in [5.74, 6) is 0.683. The first-order valence-electron chi connectivity index (χ1n) is 5.95. The van der Waals surface area contributed by atoms with Crippen LogP contribution in [-0.2, 0) is 0 Å². The molecule has 5 heteroatoms. The predicted molar refractivity (Wildman–Crippen MR) is 79.1 cm³/mol. The van der Waals surface area contributed by atoms with Crippen molar-refractivity contribution in [1.29, 1.82) is 0 Å². The summed E-state index contributed by atoms with van der Waals surface area (Å²) in [7, 11) is 1.59. The summed E-state index contributed by atoms with van der Waals surface area (Å²) in [4.78, 5) is 14.8. The Labute approximate surface area is 116 Å². The number of hydrogen-bond acceptors (Lipinski definition) is 4. The summed E-state index contributed by atoms with van der Waals surface area (Å²) in [5.41, 5.74) is 7.19. The lowest BCUT2D eigenvalue weighted by molar-refractivity contribution is 0.0992. The molecule has 0 fully saturated rings. The van der Waals surface area contributed by atoms with Gasteiger partial charge in [-0.1, -0.05) is 0 Å². The summed E-state index contributed by atoms with van der Waals surface area (Å²) >= 11 is 1.38. The van der Waals surface area contributed by atoms with Crippen molar-refractivity contribution < 1.29 is 9.53 Å². The van der Waals surface area contributed by atoms with E-state index in [0.29, 0.717) is 22.9 Å². The van der Waals surface area contributed by atoms with E-state index in [0.717, 1.165) is 5.69 Å². The summed E-state index contributed by atoms with van der Waals surface area (Å²) in [5, 5.41) is 1.82. The molecule has 19 heavy (non-hydrogen) atoms. The maximum absolute atomic E-state index is 12.4. The quantitative estimate of drug-likeness (QED) is 0.873. The van der Waals surface area contributed by atoms with Gasteiger partial charge in [0.15, 0.2) is 0 Å². The first kappa shape index (κ1) is 13.4. The lowest BCUT2D eigenvalue weighted by Crippen LogP contribution is -2.29. The number of hydrogen-bond donors (Lipinski definition) is 1. The minimum absolute atomic E-state index is 0.0272. The van der Waals surface area contributed by atoms with Crippen molar-refractivity contribution in [2.24, 2.45) is 0 Å². The van der Waals surface area contributed by atoms with E-state index in [9.17, 15) is 4.79 Å². The van der Waals surface area contributed by atoms with E-state index in [4.69, 9.17) is 10.5 Å². The monoisotopic (exact) mass is 276 g/mol. The molecule has 0 atom stereocenters. The number of benzene rings is 1. The van der Waals surface area contributed by atoms with Gasteiger partial charge in [-0.25, -0.2) is 0 Å². The molecule has 0 radical (unpaired) electrons. The third kappa shape index (κ3) is 2.88. The van der Waals surface area contributed by atoms with Gasteiger partial charge in [0.2, 0.25) is 0 Å². The Hall–Kier alpha value is -2.01. The number of nitrogen functional groups attached to an aromatic ring is 1. The summed E-state index contributed by atoms with van der Waals surface area (Å²) in [6.45, 7) is 2.54. The number of amides is 1. The Morgan fingerprint density at radius 2 is 2.05 bits per heavy atom. The molecule has 2 aromatic rings. The Kier molecular flexibility index (Phi) is 4.06. The third-order valence-electron chi connectivity index (χ3n) is 2.79. The number of thiophene rings is 1. The van der Waals surface area contributed by atoms with Crippen LogP contribution in [0.4, 0.5) is 11.4 Å². The molecular weight excluding hydrogens is 260 g/mol. The number of ether oxygens (including phenoxy) is 1. The fourth-order valence-electron chi connectivity index (χ4n) is 1.77. The highest BCUT2D eigenvalue weighted by atomic mass is 32.1. The molecule has 0 spiro atoms. The van der Waals surface area contributed by atoms with Crippen LogP contribution in [0.15, 0.2) is 35.7 Å². The van der Waals surface area contributed by atoms with Gasteiger partial charge >= 0.3 is 0 Å². The van der Waals surface area contributed by atoms with Crippen molar-refractivity contribution in [2.45, 2.75) is 6.92 Å². The fourth-order valence-corrected chi connectivity index (χ4v) is 2.57. The highest BCUT2D eigenvalue weighted by Crippen LogP contribution is 2.25. The smallest absolute Gasteiger partial charge is 0.268 e. The van der Waals surface area contributed by atoms with Crippen molar-refractivity contribution in [3.63, 3.8) is 0 Å². The summed E-state index contributed by atoms with van der Waals surface area (Å²) in [6.07, 6.45) is 0. The average Bonchev–Trinajstić information content (AvgIpc) is 2.90. The van der Waals surface area contributed by atoms with Gasteiger partial charge < -0.3 is 15.4 Å². The molecule has 0 bridgehead atoms. The Morgan fingerprint density at radius 3 is 2.58 bits per heavy atom. The molecule has 0 saturated carbocycles. The molecular formula is C14H16N2O2S. The normalized spacial score (nSPS) is 10.2.